The Hall–Kier alpha value is -2.49. The molecule has 0 unspecified atom stereocenters. The van der Waals surface area contributed by atoms with Crippen LogP contribution in [0, 0.1) is 0 Å². The van der Waals surface area contributed by atoms with Crippen molar-refractivity contribution in [1.82, 2.24) is 0 Å². The van der Waals surface area contributed by atoms with E-state index in [2.05, 4.69) is 30.5 Å². The van der Waals surface area contributed by atoms with E-state index < -0.39 is 0 Å². The average molecular weight is 340 g/mol. The topological polar surface area (TPSA) is 50.4 Å². The number of anilines is 2. The predicted molar refractivity (Wildman–Crippen MR) is 104 cm³/mol. The van der Waals surface area contributed by atoms with Gasteiger partial charge in [-0.1, -0.05) is 44.2 Å². The maximum atomic E-state index is 12.3. The number of carbonyl (C=O) groups is 1. The van der Waals surface area contributed by atoms with Gasteiger partial charge in [-0.15, -0.1) is 0 Å². The molecule has 0 saturated heterocycles. The van der Waals surface area contributed by atoms with Gasteiger partial charge in [0.25, 0.3) is 0 Å². The van der Waals surface area contributed by atoms with Crippen LogP contribution in [-0.4, -0.2) is 18.6 Å². The first-order valence-corrected chi connectivity index (χ1v) is 8.85. The van der Waals surface area contributed by atoms with Crippen molar-refractivity contribution < 1.29 is 9.53 Å². The van der Waals surface area contributed by atoms with Gasteiger partial charge in [-0.25, -0.2) is 0 Å². The maximum absolute atomic E-state index is 12.3. The predicted octanol–water partition coefficient (Wildman–Crippen LogP) is 5.04. The minimum Gasteiger partial charge on any atom is -0.489 e. The molecule has 0 fully saturated rings. The van der Waals surface area contributed by atoms with Crippen LogP contribution < -0.4 is 15.4 Å². The van der Waals surface area contributed by atoms with Crippen molar-refractivity contribution in [3.63, 3.8) is 0 Å². The molecule has 134 valence electrons. The highest BCUT2D eigenvalue weighted by molar-refractivity contribution is 5.91. The van der Waals surface area contributed by atoms with Gasteiger partial charge >= 0.3 is 0 Å². The number of benzene rings is 2. The Kier molecular flexibility index (Phi) is 6.87. The Labute approximate surface area is 150 Å². The van der Waals surface area contributed by atoms with Crippen LogP contribution in [0.15, 0.2) is 48.5 Å². The molecule has 2 aromatic carbocycles. The molecular formula is C21H28N2O2. The molecule has 0 aliphatic rings. The zero-order chi connectivity index (χ0) is 18.2. The van der Waals surface area contributed by atoms with Gasteiger partial charge < -0.3 is 15.4 Å². The van der Waals surface area contributed by atoms with Crippen molar-refractivity contribution in [2.24, 2.45) is 0 Å². The van der Waals surface area contributed by atoms with Crippen molar-refractivity contribution in [2.45, 2.75) is 46.1 Å². The van der Waals surface area contributed by atoms with E-state index in [1.807, 2.05) is 56.3 Å². The highest BCUT2D eigenvalue weighted by Crippen LogP contribution is 2.25. The number of nitrogens with one attached hydrogen (secondary N) is 2. The van der Waals surface area contributed by atoms with E-state index in [4.69, 9.17) is 4.74 Å². The van der Waals surface area contributed by atoms with Gasteiger partial charge in [-0.05, 0) is 43.5 Å². The van der Waals surface area contributed by atoms with Gasteiger partial charge in [0.1, 0.15) is 5.75 Å². The summed E-state index contributed by atoms with van der Waals surface area (Å²) in [4.78, 5) is 12.3. The number of rotatable bonds is 8. The number of hydrogen-bond acceptors (Lipinski definition) is 3. The quantitative estimate of drug-likeness (QED) is 0.708. The third-order valence-corrected chi connectivity index (χ3v) is 3.77. The number of carbonyl (C=O) groups excluding carboxylic acids is 1. The molecule has 2 N–H and O–H groups in total. The summed E-state index contributed by atoms with van der Waals surface area (Å²) in [7, 11) is 0. The second kappa shape index (κ2) is 9.11. The Balaban J connectivity index is 1.90. The molecule has 0 aliphatic heterocycles. The molecule has 0 bridgehead atoms. The molecule has 0 saturated carbocycles. The van der Waals surface area contributed by atoms with Gasteiger partial charge in [0.05, 0.1) is 11.8 Å². The van der Waals surface area contributed by atoms with Crippen LogP contribution >= 0.6 is 0 Å². The molecule has 0 atom stereocenters. The summed E-state index contributed by atoms with van der Waals surface area (Å²) in [5, 5.41) is 6.30. The third kappa shape index (κ3) is 5.82. The standard InChI is InChI=1S/C21H28N2O2/c1-15(2)17-9-5-6-10-18(17)23-21(24)13-14-22-19-11-7-8-12-20(19)25-16(3)4/h5-12,15-16,22H,13-14H2,1-4H3,(H,23,24). The zero-order valence-corrected chi connectivity index (χ0v) is 15.5. The Morgan fingerprint density at radius 3 is 2.28 bits per heavy atom. The molecule has 0 spiro atoms. The molecule has 4 heteroatoms. The van der Waals surface area contributed by atoms with E-state index in [-0.39, 0.29) is 12.0 Å². The van der Waals surface area contributed by atoms with Crippen LogP contribution in [0.2, 0.25) is 0 Å². The zero-order valence-electron chi connectivity index (χ0n) is 15.5. The normalized spacial score (nSPS) is 10.8. The molecule has 0 aromatic heterocycles. The SMILES string of the molecule is CC(C)Oc1ccccc1NCCC(=O)Nc1ccccc1C(C)C. The summed E-state index contributed by atoms with van der Waals surface area (Å²) in [5.74, 6) is 1.18. The number of ether oxygens (including phenoxy) is 1. The summed E-state index contributed by atoms with van der Waals surface area (Å²) < 4.78 is 5.78. The van der Waals surface area contributed by atoms with Gasteiger partial charge in [-0.3, -0.25) is 4.79 Å². The lowest BCUT2D eigenvalue weighted by molar-refractivity contribution is -0.115. The lowest BCUT2D eigenvalue weighted by Gasteiger charge is -2.16. The molecule has 2 aromatic rings. The molecule has 0 radical (unpaired) electrons. The van der Waals surface area contributed by atoms with Crippen molar-refractivity contribution >= 4 is 17.3 Å². The highest BCUT2D eigenvalue weighted by Gasteiger charge is 2.10. The fourth-order valence-electron chi connectivity index (χ4n) is 2.61. The van der Waals surface area contributed by atoms with Gasteiger partial charge in [0, 0.05) is 18.7 Å². The van der Waals surface area contributed by atoms with E-state index in [1.54, 1.807) is 0 Å². The molecular weight excluding hydrogens is 312 g/mol. The monoisotopic (exact) mass is 340 g/mol. The highest BCUT2D eigenvalue weighted by atomic mass is 16.5. The van der Waals surface area contributed by atoms with Gasteiger partial charge in [0.2, 0.25) is 5.91 Å². The second-order valence-corrected chi connectivity index (χ2v) is 6.63. The first kappa shape index (κ1) is 18.8. The van der Waals surface area contributed by atoms with E-state index in [0.29, 0.717) is 18.9 Å². The van der Waals surface area contributed by atoms with E-state index in [0.717, 1.165) is 22.7 Å². The summed E-state index contributed by atoms with van der Waals surface area (Å²) in [5.41, 5.74) is 2.96. The third-order valence-electron chi connectivity index (χ3n) is 3.77. The summed E-state index contributed by atoms with van der Waals surface area (Å²) in [6.07, 6.45) is 0.501. The fraction of sp³-hybridized carbons (Fsp3) is 0.381. The van der Waals surface area contributed by atoms with E-state index in [9.17, 15) is 4.79 Å². The van der Waals surface area contributed by atoms with Crippen molar-refractivity contribution in [3.8, 4) is 5.75 Å². The molecule has 0 aliphatic carbocycles. The molecule has 25 heavy (non-hydrogen) atoms. The van der Waals surface area contributed by atoms with Crippen molar-refractivity contribution in [3.05, 3.63) is 54.1 Å². The van der Waals surface area contributed by atoms with Gasteiger partial charge in [0.15, 0.2) is 0 Å². The lowest BCUT2D eigenvalue weighted by atomic mass is 10.0. The first-order chi connectivity index (χ1) is 12.0. The van der Waals surface area contributed by atoms with E-state index >= 15 is 0 Å². The summed E-state index contributed by atoms with van der Waals surface area (Å²) in [6.45, 7) is 8.79. The lowest BCUT2D eigenvalue weighted by Crippen LogP contribution is -2.17. The first-order valence-electron chi connectivity index (χ1n) is 8.85. The van der Waals surface area contributed by atoms with Crippen LogP contribution in [0.3, 0.4) is 0 Å². The Morgan fingerprint density at radius 1 is 0.960 bits per heavy atom. The maximum Gasteiger partial charge on any atom is 0.226 e. The molecule has 0 heterocycles. The minimum absolute atomic E-state index is 0.00265. The van der Waals surface area contributed by atoms with Crippen LogP contribution in [0.5, 0.6) is 5.75 Å². The average Bonchev–Trinajstić information content (AvgIpc) is 2.56. The largest absolute Gasteiger partial charge is 0.489 e. The fourth-order valence-corrected chi connectivity index (χ4v) is 2.61. The molecule has 1 amide bonds. The van der Waals surface area contributed by atoms with Crippen LogP contribution in [0.4, 0.5) is 11.4 Å². The van der Waals surface area contributed by atoms with Crippen LogP contribution in [0.1, 0.15) is 45.6 Å². The van der Waals surface area contributed by atoms with E-state index in [1.165, 1.54) is 0 Å². The molecule has 2 rings (SSSR count). The van der Waals surface area contributed by atoms with Crippen LogP contribution in [0.25, 0.3) is 0 Å². The van der Waals surface area contributed by atoms with Crippen molar-refractivity contribution in [1.29, 1.82) is 0 Å². The number of hydrogen-bond donors (Lipinski definition) is 2. The van der Waals surface area contributed by atoms with Gasteiger partial charge in [-0.2, -0.15) is 0 Å². The molecule has 4 nitrogen and oxygen atoms in total. The number of amides is 1. The summed E-state index contributed by atoms with van der Waals surface area (Å²) in [6, 6.07) is 15.7. The summed E-state index contributed by atoms with van der Waals surface area (Å²) >= 11 is 0. The number of para-hydroxylation sites is 3. The van der Waals surface area contributed by atoms with Crippen molar-refractivity contribution in [2.75, 3.05) is 17.2 Å². The smallest absolute Gasteiger partial charge is 0.226 e. The minimum atomic E-state index is 0.00265. The second-order valence-electron chi connectivity index (χ2n) is 6.63. The van der Waals surface area contributed by atoms with Crippen LogP contribution in [-0.2, 0) is 4.79 Å². The Morgan fingerprint density at radius 2 is 1.60 bits per heavy atom. The Bertz CT molecular complexity index is 696.